The normalized spacial score (nSPS) is 12.5. The van der Waals surface area contributed by atoms with Crippen molar-refractivity contribution in [3.8, 4) is 0 Å². The van der Waals surface area contributed by atoms with Crippen molar-refractivity contribution in [1.29, 1.82) is 0 Å². The Kier molecular flexibility index (Phi) is 13.3. The van der Waals surface area contributed by atoms with E-state index in [-0.39, 0.29) is 26.0 Å². The number of nitrogens with zero attached hydrogens (tertiary/aromatic N) is 1. The number of ether oxygens (including phenoxy) is 2. The number of alkyl carbamates (subject to hydrolysis) is 1. The van der Waals surface area contributed by atoms with Crippen LogP contribution in [0.4, 0.5) is 4.79 Å². The molecule has 0 aromatic heterocycles. The van der Waals surface area contributed by atoms with Gasteiger partial charge in [-0.25, -0.2) is 4.79 Å². The molecule has 0 saturated carbocycles. The first-order valence-electron chi connectivity index (χ1n) is 14.3. The summed E-state index contributed by atoms with van der Waals surface area (Å²) in [5.74, 6) is -1.23. The molecule has 2 aromatic rings. The van der Waals surface area contributed by atoms with Gasteiger partial charge in [0.25, 0.3) is 0 Å². The van der Waals surface area contributed by atoms with Crippen LogP contribution < -0.4 is 10.6 Å². The number of amides is 3. The van der Waals surface area contributed by atoms with Gasteiger partial charge in [-0.1, -0.05) is 67.9 Å². The van der Waals surface area contributed by atoms with E-state index >= 15 is 0 Å². The first-order valence-corrected chi connectivity index (χ1v) is 14.3. The largest absolute Gasteiger partial charge is 0.466 e. The number of unbranched alkanes of at least 4 members (excludes halogenated alkanes) is 1. The summed E-state index contributed by atoms with van der Waals surface area (Å²) in [4.78, 5) is 54.4. The Labute approximate surface area is 244 Å². The molecule has 0 heterocycles. The van der Waals surface area contributed by atoms with Crippen LogP contribution in [-0.4, -0.2) is 60.1 Å². The molecule has 3 amide bonds. The third-order valence-corrected chi connectivity index (χ3v) is 6.28. The summed E-state index contributed by atoms with van der Waals surface area (Å²) >= 11 is 0. The number of nitrogens with one attached hydrogen (secondary N) is 2. The quantitative estimate of drug-likeness (QED) is 0.315. The van der Waals surface area contributed by atoms with Crippen LogP contribution in [0.25, 0.3) is 0 Å². The zero-order chi connectivity index (χ0) is 30.4. The summed E-state index contributed by atoms with van der Waals surface area (Å²) in [6.07, 6.45) is 0.951. The van der Waals surface area contributed by atoms with Crippen LogP contribution in [0.1, 0.15) is 76.6 Å². The van der Waals surface area contributed by atoms with E-state index in [1.807, 2.05) is 68.4 Å². The summed E-state index contributed by atoms with van der Waals surface area (Å²) < 4.78 is 10.5. The van der Waals surface area contributed by atoms with Crippen molar-refractivity contribution in [3.05, 3.63) is 71.3 Å². The first kappa shape index (κ1) is 33.3. The Morgan fingerprint density at radius 1 is 0.951 bits per heavy atom. The highest BCUT2D eigenvalue weighted by atomic mass is 16.6. The minimum absolute atomic E-state index is 0.0137. The van der Waals surface area contributed by atoms with Crippen molar-refractivity contribution in [2.24, 2.45) is 0 Å². The average Bonchev–Trinajstić information content (AvgIpc) is 2.90. The van der Waals surface area contributed by atoms with Gasteiger partial charge in [0.1, 0.15) is 17.7 Å². The van der Waals surface area contributed by atoms with E-state index in [0.29, 0.717) is 18.5 Å². The summed E-state index contributed by atoms with van der Waals surface area (Å²) in [5, 5.41) is 5.59. The van der Waals surface area contributed by atoms with E-state index in [4.69, 9.17) is 9.47 Å². The lowest BCUT2D eigenvalue weighted by Crippen LogP contribution is -2.54. The predicted octanol–water partition coefficient (Wildman–Crippen LogP) is 4.87. The fraction of sp³-hybridized carbons (Fsp3) is 0.500. The van der Waals surface area contributed by atoms with Crippen molar-refractivity contribution in [2.75, 3.05) is 19.7 Å². The molecule has 0 radical (unpaired) electrons. The highest BCUT2D eigenvalue weighted by Gasteiger charge is 2.36. The number of benzene rings is 2. The number of carbonyl (C=O) groups is 4. The van der Waals surface area contributed by atoms with Crippen LogP contribution in [0.15, 0.2) is 54.6 Å². The van der Waals surface area contributed by atoms with Gasteiger partial charge in [-0.05, 0) is 57.7 Å². The number of aryl methyl sites for hydroxylation is 1. The van der Waals surface area contributed by atoms with Crippen LogP contribution in [0.2, 0.25) is 0 Å². The fourth-order valence-corrected chi connectivity index (χ4v) is 4.36. The molecule has 2 aromatic carbocycles. The number of esters is 1. The highest BCUT2D eigenvalue weighted by molar-refractivity contribution is 5.92. The predicted molar refractivity (Wildman–Crippen MR) is 158 cm³/mol. The van der Waals surface area contributed by atoms with Crippen molar-refractivity contribution in [2.45, 2.75) is 84.9 Å². The molecule has 2 N–H and O–H groups in total. The van der Waals surface area contributed by atoms with Gasteiger partial charge in [-0.15, -0.1) is 0 Å². The van der Waals surface area contributed by atoms with Gasteiger partial charge in [0.15, 0.2) is 0 Å². The van der Waals surface area contributed by atoms with Crippen LogP contribution in [0, 0.1) is 6.92 Å². The van der Waals surface area contributed by atoms with Gasteiger partial charge in [-0.3, -0.25) is 14.4 Å². The van der Waals surface area contributed by atoms with Gasteiger partial charge >= 0.3 is 12.1 Å². The molecule has 0 bridgehead atoms. The van der Waals surface area contributed by atoms with Crippen molar-refractivity contribution < 1.29 is 28.7 Å². The number of rotatable bonds is 14. The standard InChI is InChI=1S/C32H45N3O6/c1-7-9-21-35(28(25-18-14-13-15-23(25)3)29(37)33-20-19-27(36)40-8-2)30(38)26(22-24-16-11-10-12-17-24)34-31(39)41-32(4,5)6/h10-18,26,28H,7-9,19-22H2,1-6H3,(H,33,37)(H,34,39). The maximum Gasteiger partial charge on any atom is 0.408 e. The van der Waals surface area contributed by atoms with Crippen LogP contribution in [0.3, 0.4) is 0 Å². The molecular weight excluding hydrogens is 522 g/mol. The zero-order valence-corrected chi connectivity index (χ0v) is 25.2. The second kappa shape index (κ2) is 16.4. The van der Waals surface area contributed by atoms with Gasteiger partial charge in [0, 0.05) is 19.5 Å². The zero-order valence-electron chi connectivity index (χ0n) is 25.2. The summed E-state index contributed by atoms with van der Waals surface area (Å²) in [6, 6.07) is 14.8. The molecule has 0 fully saturated rings. The van der Waals surface area contributed by atoms with Crippen LogP contribution in [0.5, 0.6) is 0 Å². The first-order chi connectivity index (χ1) is 19.5. The molecular formula is C32H45N3O6. The topological polar surface area (TPSA) is 114 Å². The molecule has 2 atom stereocenters. The van der Waals surface area contributed by atoms with E-state index in [1.54, 1.807) is 27.7 Å². The lowest BCUT2D eigenvalue weighted by atomic mass is 9.96. The van der Waals surface area contributed by atoms with E-state index < -0.39 is 41.6 Å². The van der Waals surface area contributed by atoms with Crippen LogP contribution in [-0.2, 0) is 30.3 Å². The number of hydrogen-bond acceptors (Lipinski definition) is 6. The monoisotopic (exact) mass is 567 g/mol. The van der Waals surface area contributed by atoms with Gasteiger partial charge in [-0.2, -0.15) is 0 Å². The van der Waals surface area contributed by atoms with Crippen molar-refractivity contribution >= 4 is 23.9 Å². The second-order valence-corrected chi connectivity index (χ2v) is 10.9. The van der Waals surface area contributed by atoms with Crippen molar-refractivity contribution in [1.82, 2.24) is 15.5 Å². The highest BCUT2D eigenvalue weighted by Crippen LogP contribution is 2.26. The average molecular weight is 568 g/mol. The Morgan fingerprint density at radius 3 is 2.22 bits per heavy atom. The Bertz CT molecular complexity index is 1150. The molecule has 0 aliphatic carbocycles. The smallest absolute Gasteiger partial charge is 0.408 e. The molecule has 2 rings (SSSR count). The third kappa shape index (κ3) is 11.3. The lowest BCUT2D eigenvalue weighted by molar-refractivity contribution is -0.144. The van der Waals surface area contributed by atoms with Crippen molar-refractivity contribution in [3.63, 3.8) is 0 Å². The maximum atomic E-state index is 14.4. The maximum absolute atomic E-state index is 14.4. The molecule has 0 saturated heterocycles. The SMILES string of the molecule is CCCCN(C(=O)C(Cc1ccccc1)NC(=O)OC(C)(C)C)C(C(=O)NCCC(=O)OCC)c1ccccc1C. The molecule has 0 spiro atoms. The number of carbonyl (C=O) groups excluding carboxylic acids is 4. The second-order valence-electron chi connectivity index (χ2n) is 10.9. The summed E-state index contributed by atoms with van der Waals surface area (Å²) in [5.41, 5.74) is 1.60. The van der Waals surface area contributed by atoms with Gasteiger partial charge < -0.3 is 25.0 Å². The molecule has 0 aliphatic rings. The van der Waals surface area contributed by atoms with Crippen LogP contribution >= 0.6 is 0 Å². The van der Waals surface area contributed by atoms with E-state index in [2.05, 4.69) is 10.6 Å². The summed E-state index contributed by atoms with van der Waals surface area (Å²) in [7, 11) is 0. The fourth-order valence-electron chi connectivity index (χ4n) is 4.36. The Balaban J connectivity index is 2.49. The minimum Gasteiger partial charge on any atom is -0.466 e. The minimum atomic E-state index is -0.983. The lowest BCUT2D eigenvalue weighted by Gasteiger charge is -2.35. The molecule has 2 unspecified atom stereocenters. The molecule has 41 heavy (non-hydrogen) atoms. The van der Waals surface area contributed by atoms with Gasteiger partial charge in [0.2, 0.25) is 11.8 Å². The molecule has 9 heteroatoms. The molecule has 9 nitrogen and oxygen atoms in total. The van der Waals surface area contributed by atoms with E-state index in [9.17, 15) is 19.2 Å². The number of hydrogen-bond donors (Lipinski definition) is 2. The Morgan fingerprint density at radius 2 is 1.61 bits per heavy atom. The third-order valence-electron chi connectivity index (χ3n) is 6.28. The molecule has 0 aliphatic heterocycles. The van der Waals surface area contributed by atoms with E-state index in [0.717, 1.165) is 17.5 Å². The van der Waals surface area contributed by atoms with E-state index in [1.165, 1.54) is 4.90 Å². The summed E-state index contributed by atoms with van der Waals surface area (Å²) in [6.45, 7) is 11.5. The molecule has 224 valence electrons. The van der Waals surface area contributed by atoms with Gasteiger partial charge in [0.05, 0.1) is 13.0 Å². The Hall–Kier alpha value is -3.88.